The Morgan fingerprint density at radius 1 is 1.33 bits per heavy atom. The van der Waals surface area contributed by atoms with Crippen LogP contribution >= 0.6 is 0 Å². The first-order valence-corrected chi connectivity index (χ1v) is 6.84. The molecule has 0 spiro atoms. The van der Waals surface area contributed by atoms with Crippen LogP contribution in [0, 0.1) is 12.8 Å². The summed E-state index contributed by atoms with van der Waals surface area (Å²) in [5, 5.41) is 5.79. The first-order chi connectivity index (χ1) is 9.85. The first-order valence-electron chi connectivity index (χ1n) is 6.84. The summed E-state index contributed by atoms with van der Waals surface area (Å²) in [5.74, 6) is -0.194. The number of hydrogen-bond donors (Lipinski definition) is 3. The summed E-state index contributed by atoms with van der Waals surface area (Å²) in [5.41, 5.74) is 7.94. The highest BCUT2D eigenvalue weighted by Crippen LogP contribution is 2.23. The highest BCUT2D eigenvalue weighted by atomic mass is 16.5. The van der Waals surface area contributed by atoms with Crippen molar-refractivity contribution in [3.05, 3.63) is 23.3 Å². The number of ether oxygens (including phenoxy) is 1. The maximum Gasteiger partial charge on any atom is 0.340 e. The molecule has 116 valence electrons. The van der Waals surface area contributed by atoms with E-state index in [-0.39, 0.29) is 12.5 Å². The van der Waals surface area contributed by atoms with Gasteiger partial charge in [-0.25, -0.2) is 4.79 Å². The number of amides is 1. The lowest BCUT2D eigenvalue weighted by Gasteiger charge is -2.13. The van der Waals surface area contributed by atoms with E-state index < -0.39 is 5.97 Å². The smallest absolute Gasteiger partial charge is 0.340 e. The van der Waals surface area contributed by atoms with Gasteiger partial charge in [0.05, 0.1) is 19.2 Å². The summed E-state index contributed by atoms with van der Waals surface area (Å²) in [7, 11) is 1.30. The zero-order valence-corrected chi connectivity index (χ0v) is 12.9. The second-order valence-electron chi connectivity index (χ2n) is 5.30. The topological polar surface area (TPSA) is 93.4 Å². The molecule has 0 unspecified atom stereocenters. The fourth-order valence-electron chi connectivity index (χ4n) is 1.74. The molecule has 0 aliphatic heterocycles. The van der Waals surface area contributed by atoms with Gasteiger partial charge in [-0.1, -0.05) is 13.8 Å². The largest absolute Gasteiger partial charge is 0.465 e. The minimum absolute atomic E-state index is 0.0993. The van der Waals surface area contributed by atoms with Crippen molar-refractivity contribution in [1.29, 1.82) is 0 Å². The van der Waals surface area contributed by atoms with Crippen molar-refractivity contribution in [3.8, 4) is 0 Å². The number of nitrogens with two attached hydrogens (primary N) is 1. The predicted octanol–water partition coefficient (Wildman–Crippen LogP) is 1.55. The van der Waals surface area contributed by atoms with Crippen molar-refractivity contribution in [2.75, 3.05) is 31.2 Å². The Labute approximate surface area is 125 Å². The minimum Gasteiger partial charge on any atom is -0.465 e. The highest BCUT2D eigenvalue weighted by molar-refractivity contribution is 5.97. The number of nitrogen functional groups attached to an aromatic ring is 1. The Morgan fingerprint density at radius 2 is 2.00 bits per heavy atom. The van der Waals surface area contributed by atoms with E-state index >= 15 is 0 Å². The average Bonchev–Trinajstić information content (AvgIpc) is 2.45. The third-order valence-electron chi connectivity index (χ3n) is 2.95. The van der Waals surface area contributed by atoms with Gasteiger partial charge in [0.25, 0.3) is 0 Å². The number of carbonyl (C=O) groups excluding carboxylic acids is 2. The van der Waals surface area contributed by atoms with Gasteiger partial charge in [0.15, 0.2) is 0 Å². The molecule has 0 bridgehead atoms. The van der Waals surface area contributed by atoms with E-state index in [9.17, 15) is 9.59 Å². The van der Waals surface area contributed by atoms with E-state index in [0.29, 0.717) is 29.4 Å². The van der Waals surface area contributed by atoms with Crippen molar-refractivity contribution in [2.45, 2.75) is 20.8 Å². The zero-order chi connectivity index (χ0) is 16.0. The fraction of sp³-hybridized carbons (Fsp3) is 0.467. The van der Waals surface area contributed by atoms with Crippen LogP contribution in [0.25, 0.3) is 0 Å². The van der Waals surface area contributed by atoms with E-state index in [0.717, 1.165) is 5.56 Å². The Bertz CT molecular complexity index is 527. The van der Waals surface area contributed by atoms with Gasteiger partial charge < -0.3 is 21.1 Å². The van der Waals surface area contributed by atoms with Gasteiger partial charge >= 0.3 is 5.97 Å². The number of benzene rings is 1. The van der Waals surface area contributed by atoms with Crippen LogP contribution in [-0.2, 0) is 9.53 Å². The summed E-state index contributed by atoms with van der Waals surface area (Å²) >= 11 is 0. The molecule has 0 radical (unpaired) electrons. The Balaban J connectivity index is 2.74. The summed E-state index contributed by atoms with van der Waals surface area (Å²) < 4.78 is 4.69. The van der Waals surface area contributed by atoms with Crippen LogP contribution in [-0.4, -0.2) is 32.1 Å². The van der Waals surface area contributed by atoms with Gasteiger partial charge in [-0.2, -0.15) is 0 Å². The van der Waals surface area contributed by atoms with Crippen molar-refractivity contribution >= 4 is 23.3 Å². The van der Waals surface area contributed by atoms with E-state index in [1.54, 1.807) is 19.1 Å². The summed E-state index contributed by atoms with van der Waals surface area (Å²) in [6.07, 6.45) is 0. The molecular weight excluding hydrogens is 270 g/mol. The van der Waals surface area contributed by atoms with Crippen LogP contribution in [0.4, 0.5) is 11.4 Å². The van der Waals surface area contributed by atoms with Crippen LogP contribution in [0.5, 0.6) is 0 Å². The lowest BCUT2D eigenvalue weighted by Crippen LogP contribution is -2.32. The molecule has 0 fully saturated rings. The number of esters is 1. The van der Waals surface area contributed by atoms with Gasteiger partial charge in [-0.15, -0.1) is 0 Å². The summed E-state index contributed by atoms with van der Waals surface area (Å²) in [4.78, 5) is 23.3. The third kappa shape index (κ3) is 4.98. The number of methoxy groups -OCH3 is 1. The third-order valence-corrected chi connectivity index (χ3v) is 2.95. The standard InChI is InChI=1S/C15H23N3O3/c1-9(2)7-18-13(19)8-17-11-5-10(3)14(16)12(6-11)15(20)21-4/h5-6,9,17H,7-8,16H2,1-4H3,(H,18,19). The molecule has 4 N–H and O–H groups in total. The molecule has 0 saturated heterocycles. The second-order valence-corrected chi connectivity index (χ2v) is 5.30. The second kappa shape index (κ2) is 7.52. The lowest BCUT2D eigenvalue weighted by molar-refractivity contribution is -0.119. The number of nitrogens with one attached hydrogen (secondary N) is 2. The fourth-order valence-corrected chi connectivity index (χ4v) is 1.74. The highest BCUT2D eigenvalue weighted by Gasteiger charge is 2.13. The quantitative estimate of drug-likeness (QED) is 0.546. The van der Waals surface area contributed by atoms with Crippen LogP contribution in [0.2, 0.25) is 0 Å². The molecule has 0 saturated carbocycles. The molecule has 0 aromatic heterocycles. The van der Waals surface area contributed by atoms with E-state index in [1.165, 1.54) is 7.11 Å². The summed E-state index contributed by atoms with van der Waals surface area (Å²) in [6.45, 7) is 6.62. The van der Waals surface area contributed by atoms with Crippen LogP contribution in [0.1, 0.15) is 29.8 Å². The van der Waals surface area contributed by atoms with Gasteiger partial charge in [-0.05, 0) is 30.5 Å². The molecular formula is C15H23N3O3. The van der Waals surface area contributed by atoms with Crippen molar-refractivity contribution in [1.82, 2.24) is 5.32 Å². The maximum absolute atomic E-state index is 11.7. The van der Waals surface area contributed by atoms with Crippen LogP contribution < -0.4 is 16.4 Å². The van der Waals surface area contributed by atoms with Crippen molar-refractivity contribution in [3.63, 3.8) is 0 Å². The molecule has 1 amide bonds. The van der Waals surface area contributed by atoms with Gasteiger partial charge in [-0.3, -0.25) is 4.79 Å². The number of aryl methyl sites for hydroxylation is 1. The van der Waals surface area contributed by atoms with E-state index in [1.807, 2.05) is 13.8 Å². The number of anilines is 2. The molecule has 1 aromatic rings. The average molecular weight is 293 g/mol. The van der Waals surface area contributed by atoms with Gasteiger partial charge in [0, 0.05) is 17.9 Å². The maximum atomic E-state index is 11.7. The molecule has 0 atom stereocenters. The Hall–Kier alpha value is -2.24. The Kier molecular flexibility index (Phi) is 6.02. The number of hydrogen-bond acceptors (Lipinski definition) is 5. The van der Waals surface area contributed by atoms with Crippen LogP contribution in [0.15, 0.2) is 12.1 Å². The summed E-state index contributed by atoms with van der Waals surface area (Å²) in [6, 6.07) is 3.38. The predicted molar refractivity (Wildman–Crippen MR) is 83.3 cm³/mol. The molecule has 6 nitrogen and oxygen atoms in total. The van der Waals surface area contributed by atoms with Crippen molar-refractivity contribution < 1.29 is 14.3 Å². The SMILES string of the molecule is COC(=O)c1cc(NCC(=O)NCC(C)C)cc(C)c1N. The minimum atomic E-state index is -0.497. The van der Waals surface area contributed by atoms with E-state index in [4.69, 9.17) is 10.5 Å². The molecule has 0 aliphatic carbocycles. The normalized spacial score (nSPS) is 10.3. The molecule has 0 heterocycles. The monoisotopic (exact) mass is 293 g/mol. The molecule has 6 heteroatoms. The van der Waals surface area contributed by atoms with Crippen molar-refractivity contribution in [2.24, 2.45) is 5.92 Å². The van der Waals surface area contributed by atoms with Crippen LogP contribution in [0.3, 0.4) is 0 Å². The Morgan fingerprint density at radius 3 is 2.57 bits per heavy atom. The first kappa shape index (κ1) is 16.8. The number of rotatable bonds is 6. The molecule has 21 heavy (non-hydrogen) atoms. The van der Waals surface area contributed by atoms with E-state index in [2.05, 4.69) is 10.6 Å². The zero-order valence-electron chi connectivity index (χ0n) is 12.9. The molecule has 1 aromatic carbocycles. The number of carbonyl (C=O) groups is 2. The van der Waals surface area contributed by atoms with Gasteiger partial charge in [0.2, 0.25) is 5.91 Å². The lowest BCUT2D eigenvalue weighted by atomic mass is 10.1. The van der Waals surface area contributed by atoms with Gasteiger partial charge in [0.1, 0.15) is 0 Å². The molecule has 0 aliphatic rings. The molecule has 1 rings (SSSR count).